The molecule has 4 heteroatoms. The molecule has 0 amide bonds. The second kappa shape index (κ2) is 5.74. The average Bonchev–Trinajstić information content (AvgIpc) is 2.85. The molecule has 1 unspecified atom stereocenters. The van der Waals surface area contributed by atoms with Gasteiger partial charge in [-0.05, 0) is 31.9 Å². The molecule has 0 radical (unpaired) electrons. The summed E-state index contributed by atoms with van der Waals surface area (Å²) in [6.45, 7) is 3.39. The number of hydrogen-bond donors (Lipinski definition) is 1. The highest BCUT2D eigenvalue weighted by molar-refractivity contribution is 5.97. The van der Waals surface area contributed by atoms with Crippen molar-refractivity contribution in [1.82, 2.24) is 4.57 Å². The fraction of sp³-hybridized carbons (Fsp3) is 0.250. The van der Waals surface area contributed by atoms with Crippen LogP contribution in [-0.2, 0) is 6.42 Å². The Morgan fingerprint density at radius 2 is 1.90 bits per heavy atom. The van der Waals surface area contributed by atoms with Crippen LogP contribution in [0.15, 0.2) is 42.6 Å². The summed E-state index contributed by atoms with van der Waals surface area (Å²) < 4.78 is 1.66. The van der Waals surface area contributed by atoms with Crippen LogP contribution < -0.4 is 0 Å². The van der Waals surface area contributed by atoms with Crippen molar-refractivity contribution in [2.75, 3.05) is 0 Å². The zero-order chi connectivity index (χ0) is 14.7. The quantitative estimate of drug-likeness (QED) is 0.849. The number of carboxylic acids is 1. The van der Waals surface area contributed by atoms with Crippen molar-refractivity contribution in [2.24, 2.45) is 0 Å². The average molecular weight is 271 g/mol. The molecule has 0 fully saturated rings. The molecule has 2 aromatic rings. The third kappa shape index (κ3) is 2.96. The predicted molar refractivity (Wildman–Crippen MR) is 76.3 cm³/mol. The van der Waals surface area contributed by atoms with E-state index in [0.717, 1.165) is 5.56 Å². The second-order valence-electron chi connectivity index (χ2n) is 4.92. The minimum absolute atomic E-state index is 0.0309. The number of nitrogens with zero attached hydrogens (tertiary/aromatic N) is 1. The summed E-state index contributed by atoms with van der Waals surface area (Å²) in [6, 6.07) is 11.3. The van der Waals surface area contributed by atoms with Gasteiger partial charge in [0.05, 0.1) is 0 Å². The topological polar surface area (TPSA) is 59.3 Å². The Hall–Kier alpha value is -2.36. The summed E-state index contributed by atoms with van der Waals surface area (Å²) in [5.41, 5.74) is 1.72. The monoisotopic (exact) mass is 271 g/mol. The van der Waals surface area contributed by atoms with Gasteiger partial charge < -0.3 is 9.67 Å². The summed E-state index contributed by atoms with van der Waals surface area (Å²) in [5, 5.41) is 9.24. The van der Waals surface area contributed by atoms with Gasteiger partial charge in [-0.2, -0.15) is 0 Å². The molecule has 20 heavy (non-hydrogen) atoms. The number of rotatable bonds is 5. The number of carbonyl (C=O) groups excluding carboxylic acids is 1. The summed E-state index contributed by atoms with van der Waals surface area (Å²) in [7, 11) is 0. The van der Waals surface area contributed by atoms with Crippen LogP contribution in [0.4, 0.5) is 0 Å². The molecule has 1 aromatic carbocycles. The lowest BCUT2D eigenvalue weighted by Gasteiger charge is -2.16. The number of benzene rings is 1. The van der Waals surface area contributed by atoms with Crippen molar-refractivity contribution in [3.05, 3.63) is 59.4 Å². The highest BCUT2D eigenvalue weighted by Gasteiger charge is 2.18. The number of carbonyl (C=O) groups is 2. The van der Waals surface area contributed by atoms with Crippen molar-refractivity contribution in [3.8, 4) is 0 Å². The van der Waals surface area contributed by atoms with E-state index in [9.17, 15) is 14.7 Å². The Morgan fingerprint density at radius 1 is 1.25 bits per heavy atom. The molecule has 4 nitrogen and oxygen atoms in total. The number of carboxylic acid groups (broad SMARTS) is 1. The molecular weight excluding hydrogens is 254 g/mol. The van der Waals surface area contributed by atoms with Crippen molar-refractivity contribution >= 4 is 11.8 Å². The van der Waals surface area contributed by atoms with Crippen molar-refractivity contribution in [2.45, 2.75) is 26.3 Å². The van der Waals surface area contributed by atoms with E-state index in [1.807, 2.05) is 37.3 Å². The molecule has 1 heterocycles. The third-order valence-electron chi connectivity index (χ3n) is 3.32. The van der Waals surface area contributed by atoms with E-state index in [-0.39, 0.29) is 17.5 Å². The Kier molecular flexibility index (Phi) is 4.03. The molecule has 104 valence electrons. The van der Waals surface area contributed by atoms with Crippen LogP contribution in [0, 0.1) is 0 Å². The molecule has 1 atom stereocenters. The van der Waals surface area contributed by atoms with E-state index >= 15 is 0 Å². The molecule has 0 spiro atoms. The molecule has 0 saturated carbocycles. The third-order valence-corrected chi connectivity index (χ3v) is 3.32. The van der Waals surface area contributed by atoms with Gasteiger partial charge in [-0.25, -0.2) is 4.79 Å². The Bertz CT molecular complexity index is 628. The van der Waals surface area contributed by atoms with E-state index in [4.69, 9.17) is 0 Å². The minimum atomic E-state index is -1.02. The van der Waals surface area contributed by atoms with Gasteiger partial charge in [-0.3, -0.25) is 4.79 Å². The van der Waals surface area contributed by atoms with Gasteiger partial charge in [0.15, 0.2) is 5.78 Å². The molecule has 0 saturated heterocycles. The van der Waals surface area contributed by atoms with Crippen LogP contribution in [0.3, 0.4) is 0 Å². The molecular formula is C16H17NO3. The van der Waals surface area contributed by atoms with Crippen molar-refractivity contribution < 1.29 is 14.7 Å². The van der Waals surface area contributed by atoms with Crippen LogP contribution >= 0.6 is 0 Å². The summed E-state index contributed by atoms with van der Waals surface area (Å²) in [4.78, 5) is 22.7. The molecule has 1 N–H and O–H groups in total. The lowest BCUT2D eigenvalue weighted by atomic mass is 10.1. The van der Waals surface area contributed by atoms with Gasteiger partial charge in [-0.15, -0.1) is 0 Å². The summed E-state index contributed by atoms with van der Waals surface area (Å²) in [5.74, 6) is -1.14. The van der Waals surface area contributed by atoms with Crippen LogP contribution in [0.1, 0.15) is 46.3 Å². The van der Waals surface area contributed by atoms with Crippen LogP contribution in [0.5, 0.6) is 0 Å². The number of hydrogen-bond acceptors (Lipinski definition) is 2. The number of aromatic nitrogens is 1. The Labute approximate surface area is 117 Å². The molecule has 0 aliphatic carbocycles. The zero-order valence-corrected chi connectivity index (χ0v) is 11.5. The van der Waals surface area contributed by atoms with Gasteiger partial charge in [0.25, 0.3) is 0 Å². The Morgan fingerprint density at radius 3 is 2.45 bits per heavy atom. The maximum atomic E-state index is 11.4. The number of aromatic carboxylic acids is 1. The smallest absolute Gasteiger partial charge is 0.352 e. The number of ketones is 1. The van der Waals surface area contributed by atoms with Crippen LogP contribution in [0.2, 0.25) is 0 Å². The minimum Gasteiger partial charge on any atom is -0.477 e. The van der Waals surface area contributed by atoms with E-state index < -0.39 is 5.97 Å². The predicted octanol–water partition coefficient (Wildman–Crippen LogP) is 3.19. The van der Waals surface area contributed by atoms with E-state index in [1.165, 1.54) is 13.0 Å². The zero-order valence-electron chi connectivity index (χ0n) is 11.5. The van der Waals surface area contributed by atoms with Crippen LogP contribution in [-0.4, -0.2) is 21.4 Å². The fourth-order valence-corrected chi connectivity index (χ4v) is 2.26. The second-order valence-corrected chi connectivity index (χ2v) is 4.92. The lowest BCUT2D eigenvalue weighted by Crippen LogP contribution is -2.13. The van der Waals surface area contributed by atoms with Gasteiger partial charge >= 0.3 is 5.97 Å². The standard InChI is InChI=1S/C16H17NO3/c1-11(8-13-6-4-3-5-7-13)17-10-14(12(2)18)9-15(17)16(19)20/h3-7,9-11H,8H2,1-2H3,(H,19,20). The lowest BCUT2D eigenvalue weighted by molar-refractivity contribution is 0.0683. The fourth-order valence-electron chi connectivity index (χ4n) is 2.26. The SMILES string of the molecule is CC(=O)c1cc(C(=O)O)n(C(C)Cc2ccccc2)c1. The first-order valence-electron chi connectivity index (χ1n) is 6.49. The Balaban J connectivity index is 2.31. The highest BCUT2D eigenvalue weighted by atomic mass is 16.4. The van der Waals surface area contributed by atoms with Crippen LogP contribution in [0.25, 0.3) is 0 Å². The largest absolute Gasteiger partial charge is 0.477 e. The van der Waals surface area contributed by atoms with Crippen molar-refractivity contribution in [1.29, 1.82) is 0 Å². The first-order chi connectivity index (χ1) is 9.49. The summed E-state index contributed by atoms with van der Waals surface area (Å²) in [6.07, 6.45) is 2.34. The molecule has 0 bridgehead atoms. The molecule has 2 rings (SSSR count). The van der Waals surface area contributed by atoms with Gasteiger partial charge in [-0.1, -0.05) is 30.3 Å². The van der Waals surface area contributed by atoms with Crippen molar-refractivity contribution in [3.63, 3.8) is 0 Å². The normalized spacial score (nSPS) is 12.1. The molecule has 1 aromatic heterocycles. The van der Waals surface area contributed by atoms with E-state index in [0.29, 0.717) is 12.0 Å². The highest BCUT2D eigenvalue weighted by Crippen LogP contribution is 2.20. The number of Topliss-reactive ketones (excluding diaryl/α,β-unsaturated/α-hetero) is 1. The van der Waals surface area contributed by atoms with Gasteiger partial charge in [0.1, 0.15) is 5.69 Å². The molecule has 0 aliphatic rings. The maximum absolute atomic E-state index is 11.4. The van der Waals surface area contributed by atoms with E-state index in [2.05, 4.69) is 0 Å². The molecule has 0 aliphatic heterocycles. The first-order valence-corrected chi connectivity index (χ1v) is 6.49. The first kappa shape index (κ1) is 14.1. The van der Waals surface area contributed by atoms with Gasteiger partial charge in [0.2, 0.25) is 0 Å². The summed E-state index contributed by atoms with van der Waals surface area (Å²) >= 11 is 0. The van der Waals surface area contributed by atoms with E-state index in [1.54, 1.807) is 10.8 Å². The maximum Gasteiger partial charge on any atom is 0.352 e. The van der Waals surface area contributed by atoms with Gasteiger partial charge in [0, 0.05) is 17.8 Å².